The maximum absolute atomic E-state index is 8.50. The molecule has 1 aromatic rings. The molecule has 0 bridgehead atoms. The molecule has 12 heavy (non-hydrogen) atoms. The number of aryl methyl sites for hydroxylation is 1. The number of nitrogens with zero attached hydrogens (tertiary/aromatic N) is 2. The van der Waals surface area contributed by atoms with E-state index in [1.807, 2.05) is 13.1 Å². The number of hydrogen-bond acceptors (Lipinski definition) is 3. The lowest BCUT2D eigenvalue weighted by Crippen LogP contribution is -2.23. The minimum atomic E-state index is 0.197. The first kappa shape index (κ1) is 9.22. The molecule has 0 fully saturated rings. The third-order valence-corrected chi connectivity index (χ3v) is 1.74. The van der Waals surface area contributed by atoms with E-state index in [-0.39, 0.29) is 6.61 Å². The highest BCUT2D eigenvalue weighted by molar-refractivity contribution is 4.88. The molecule has 0 radical (unpaired) electrons. The van der Waals surface area contributed by atoms with Crippen molar-refractivity contribution in [1.29, 1.82) is 0 Å². The molecule has 1 heterocycles. The van der Waals surface area contributed by atoms with Gasteiger partial charge in [0.25, 0.3) is 0 Å². The van der Waals surface area contributed by atoms with E-state index < -0.39 is 0 Å². The van der Waals surface area contributed by atoms with Crippen LogP contribution in [0.4, 0.5) is 0 Å². The van der Waals surface area contributed by atoms with Gasteiger partial charge in [0.15, 0.2) is 0 Å². The van der Waals surface area contributed by atoms with Crippen LogP contribution in [-0.4, -0.2) is 34.4 Å². The van der Waals surface area contributed by atoms with E-state index >= 15 is 0 Å². The van der Waals surface area contributed by atoms with Gasteiger partial charge in [-0.05, 0) is 6.92 Å². The van der Waals surface area contributed by atoms with Crippen molar-refractivity contribution >= 4 is 0 Å². The van der Waals surface area contributed by atoms with Crippen LogP contribution >= 0.6 is 0 Å². The number of hydrogen-bond donors (Lipinski definition) is 2. The van der Waals surface area contributed by atoms with Gasteiger partial charge in [-0.3, -0.25) is 0 Å². The second kappa shape index (κ2) is 4.90. The summed E-state index contributed by atoms with van der Waals surface area (Å²) in [6.07, 6.45) is 3.75. The topological polar surface area (TPSA) is 50.1 Å². The Kier molecular flexibility index (Phi) is 3.76. The van der Waals surface area contributed by atoms with Gasteiger partial charge in [0.1, 0.15) is 5.82 Å². The van der Waals surface area contributed by atoms with Gasteiger partial charge in [-0.2, -0.15) is 0 Å². The van der Waals surface area contributed by atoms with Crippen molar-refractivity contribution in [2.75, 3.05) is 19.7 Å². The van der Waals surface area contributed by atoms with E-state index in [1.165, 1.54) is 0 Å². The van der Waals surface area contributed by atoms with Gasteiger partial charge in [-0.25, -0.2) is 4.98 Å². The molecule has 4 heteroatoms. The quantitative estimate of drug-likeness (QED) is 0.599. The number of aliphatic hydroxyl groups excluding tert-OH is 1. The summed E-state index contributed by atoms with van der Waals surface area (Å²) in [7, 11) is 0. The van der Waals surface area contributed by atoms with Crippen LogP contribution in [0.5, 0.6) is 0 Å². The van der Waals surface area contributed by atoms with Crippen molar-refractivity contribution in [1.82, 2.24) is 14.9 Å². The summed E-state index contributed by atoms with van der Waals surface area (Å²) in [5, 5.41) is 11.6. The molecular weight excluding hydrogens is 154 g/mol. The Balaban J connectivity index is 2.20. The first-order valence-corrected chi connectivity index (χ1v) is 4.14. The molecule has 0 saturated heterocycles. The van der Waals surface area contributed by atoms with Gasteiger partial charge >= 0.3 is 0 Å². The molecule has 0 atom stereocenters. The van der Waals surface area contributed by atoms with Crippen LogP contribution in [0.2, 0.25) is 0 Å². The second-order valence-electron chi connectivity index (χ2n) is 2.64. The third kappa shape index (κ3) is 2.64. The van der Waals surface area contributed by atoms with E-state index in [1.54, 1.807) is 6.20 Å². The van der Waals surface area contributed by atoms with Crippen LogP contribution in [0.1, 0.15) is 5.82 Å². The Morgan fingerprint density at radius 3 is 3.00 bits per heavy atom. The molecule has 1 rings (SSSR count). The molecule has 4 nitrogen and oxygen atoms in total. The Labute approximate surface area is 72.2 Å². The second-order valence-corrected chi connectivity index (χ2v) is 2.64. The van der Waals surface area contributed by atoms with Crippen LogP contribution in [-0.2, 0) is 6.54 Å². The first-order chi connectivity index (χ1) is 5.84. The van der Waals surface area contributed by atoms with Crippen molar-refractivity contribution in [3.05, 3.63) is 18.2 Å². The molecule has 2 N–H and O–H groups in total. The SMILES string of the molecule is Cc1nccn1CCNCCO. The summed E-state index contributed by atoms with van der Waals surface area (Å²) < 4.78 is 2.07. The summed E-state index contributed by atoms with van der Waals surface area (Å²) in [5.41, 5.74) is 0. The average molecular weight is 169 g/mol. The van der Waals surface area contributed by atoms with E-state index in [4.69, 9.17) is 5.11 Å². The Morgan fingerprint density at radius 2 is 2.42 bits per heavy atom. The van der Waals surface area contributed by atoms with E-state index in [2.05, 4.69) is 14.9 Å². The summed E-state index contributed by atoms with van der Waals surface area (Å²) in [4.78, 5) is 4.10. The van der Waals surface area contributed by atoms with Gasteiger partial charge in [-0.15, -0.1) is 0 Å². The molecule has 68 valence electrons. The first-order valence-electron chi connectivity index (χ1n) is 4.14. The van der Waals surface area contributed by atoms with Crippen LogP contribution < -0.4 is 5.32 Å². The Morgan fingerprint density at radius 1 is 1.58 bits per heavy atom. The van der Waals surface area contributed by atoms with E-state index in [9.17, 15) is 0 Å². The summed E-state index contributed by atoms with van der Waals surface area (Å²) in [6.45, 7) is 4.62. The monoisotopic (exact) mass is 169 g/mol. The number of imidazole rings is 1. The van der Waals surface area contributed by atoms with E-state index in [0.717, 1.165) is 18.9 Å². The minimum Gasteiger partial charge on any atom is -0.395 e. The molecule has 0 amide bonds. The highest BCUT2D eigenvalue weighted by Gasteiger charge is 1.94. The van der Waals surface area contributed by atoms with Crippen LogP contribution in [0, 0.1) is 6.92 Å². The van der Waals surface area contributed by atoms with Crippen LogP contribution in [0.15, 0.2) is 12.4 Å². The number of nitrogens with one attached hydrogen (secondary N) is 1. The predicted octanol–water partition coefficient (Wildman–Crippen LogP) is -0.227. The fourth-order valence-corrected chi connectivity index (χ4v) is 1.04. The maximum Gasteiger partial charge on any atom is 0.105 e. The average Bonchev–Trinajstić information content (AvgIpc) is 2.46. The van der Waals surface area contributed by atoms with Crippen molar-refractivity contribution in [3.63, 3.8) is 0 Å². The van der Waals surface area contributed by atoms with E-state index in [0.29, 0.717) is 6.54 Å². The smallest absolute Gasteiger partial charge is 0.105 e. The van der Waals surface area contributed by atoms with Gasteiger partial charge in [-0.1, -0.05) is 0 Å². The molecule has 1 aromatic heterocycles. The lowest BCUT2D eigenvalue weighted by molar-refractivity contribution is 0.291. The fraction of sp³-hybridized carbons (Fsp3) is 0.625. The zero-order valence-corrected chi connectivity index (χ0v) is 7.32. The Hall–Kier alpha value is -0.870. The normalized spacial score (nSPS) is 10.5. The number of aromatic nitrogens is 2. The molecule has 0 unspecified atom stereocenters. The molecule has 0 aromatic carbocycles. The molecule has 0 spiro atoms. The molecule has 0 aliphatic heterocycles. The van der Waals surface area contributed by atoms with Gasteiger partial charge in [0.2, 0.25) is 0 Å². The summed E-state index contributed by atoms with van der Waals surface area (Å²) in [6, 6.07) is 0. The van der Waals surface area contributed by atoms with Crippen molar-refractivity contribution < 1.29 is 5.11 Å². The summed E-state index contributed by atoms with van der Waals surface area (Å²) in [5.74, 6) is 1.03. The summed E-state index contributed by atoms with van der Waals surface area (Å²) >= 11 is 0. The lowest BCUT2D eigenvalue weighted by Gasteiger charge is -2.04. The Bertz CT molecular complexity index is 222. The van der Waals surface area contributed by atoms with Gasteiger partial charge < -0.3 is 15.0 Å². The van der Waals surface area contributed by atoms with Crippen molar-refractivity contribution in [2.24, 2.45) is 0 Å². The zero-order valence-electron chi connectivity index (χ0n) is 7.32. The van der Waals surface area contributed by atoms with Gasteiger partial charge in [0, 0.05) is 32.0 Å². The maximum atomic E-state index is 8.50. The fourth-order valence-electron chi connectivity index (χ4n) is 1.04. The lowest BCUT2D eigenvalue weighted by atomic mass is 10.5. The van der Waals surface area contributed by atoms with Crippen LogP contribution in [0.25, 0.3) is 0 Å². The molecule has 0 aliphatic rings. The number of aliphatic hydroxyl groups is 1. The zero-order chi connectivity index (χ0) is 8.81. The van der Waals surface area contributed by atoms with Gasteiger partial charge in [0.05, 0.1) is 6.61 Å². The number of rotatable bonds is 5. The minimum absolute atomic E-state index is 0.197. The largest absolute Gasteiger partial charge is 0.395 e. The standard InChI is InChI=1S/C8H15N3O/c1-8-10-3-6-11(8)5-2-9-4-7-12/h3,6,9,12H,2,4-5,7H2,1H3. The third-order valence-electron chi connectivity index (χ3n) is 1.74. The van der Waals surface area contributed by atoms with Crippen molar-refractivity contribution in [2.45, 2.75) is 13.5 Å². The van der Waals surface area contributed by atoms with Crippen molar-refractivity contribution in [3.8, 4) is 0 Å². The predicted molar refractivity (Wildman–Crippen MR) is 46.9 cm³/mol. The van der Waals surface area contributed by atoms with Crippen LogP contribution in [0.3, 0.4) is 0 Å². The molecular formula is C8H15N3O. The highest BCUT2D eigenvalue weighted by atomic mass is 16.3. The molecule has 0 aliphatic carbocycles. The highest BCUT2D eigenvalue weighted by Crippen LogP contribution is 1.92. The molecule has 0 saturated carbocycles.